The van der Waals surface area contributed by atoms with Gasteiger partial charge < -0.3 is 25.7 Å². The molecule has 0 aromatic heterocycles. The van der Waals surface area contributed by atoms with Crippen molar-refractivity contribution in [2.75, 3.05) is 6.61 Å². The molecule has 5 N–H and O–H groups in total. The van der Waals surface area contributed by atoms with Gasteiger partial charge in [0.1, 0.15) is 12.2 Å². The molecular weight excluding hydrogens is 550 g/mol. The van der Waals surface area contributed by atoms with Crippen molar-refractivity contribution in [3.63, 3.8) is 0 Å². The number of amides is 1. The van der Waals surface area contributed by atoms with Gasteiger partial charge >= 0.3 is 0 Å². The Labute approximate surface area is 270 Å². The van der Waals surface area contributed by atoms with E-state index in [-0.39, 0.29) is 0 Å². The summed E-state index contributed by atoms with van der Waals surface area (Å²) < 4.78 is 0. The number of hydrogen-bond acceptors (Lipinski definition) is 5. The van der Waals surface area contributed by atoms with Gasteiger partial charge in [0.2, 0.25) is 5.91 Å². The fourth-order valence-electron chi connectivity index (χ4n) is 5.02. The van der Waals surface area contributed by atoms with E-state index in [1.54, 1.807) is 0 Å². The normalized spacial score (nSPS) is 15.1. The molecule has 0 radical (unpaired) electrons. The molecule has 44 heavy (non-hydrogen) atoms. The van der Waals surface area contributed by atoms with E-state index >= 15 is 0 Å². The Balaban J connectivity index is 3.94. The molecule has 0 spiro atoms. The quantitative estimate of drug-likeness (QED) is 0.0395. The summed E-state index contributed by atoms with van der Waals surface area (Å²) in [6.45, 7) is 3.92. The topological polar surface area (TPSA) is 110 Å². The van der Waals surface area contributed by atoms with Gasteiger partial charge in [0.25, 0.3) is 0 Å². The van der Waals surface area contributed by atoms with E-state index < -0.39 is 36.9 Å². The highest BCUT2D eigenvalue weighted by Crippen LogP contribution is 2.13. The van der Waals surface area contributed by atoms with E-state index in [0.29, 0.717) is 19.3 Å². The molecule has 0 bridgehead atoms. The van der Waals surface area contributed by atoms with Crippen LogP contribution in [0.25, 0.3) is 0 Å². The van der Waals surface area contributed by atoms with Crippen LogP contribution in [0.15, 0.2) is 48.6 Å². The maximum Gasteiger partial charge on any atom is 0.249 e. The predicted molar refractivity (Wildman–Crippen MR) is 187 cm³/mol. The van der Waals surface area contributed by atoms with Crippen LogP contribution in [0.1, 0.15) is 155 Å². The maximum absolute atomic E-state index is 12.4. The van der Waals surface area contributed by atoms with Crippen molar-refractivity contribution < 1.29 is 25.2 Å². The highest BCUT2D eigenvalue weighted by molar-refractivity contribution is 5.80. The molecule has 0 aliphatic carbocycles. The van der Waals surface area contributed by atoms with Gasteiger partial charge in [-0.15, -0.1) is 0 Å². The van der Waals surface area contributed by atoms with Crippen LogP contribution in [-0.2, 0) is 4.79 Å². The van der Waals surface area contributed by atoms with Crippen LogP contribution in [0.5, 0.6) is 0 Å². The molecule has 256 valence electrons. The van der Waals surface area contributed by atoms with Gasteiger partial charge in [0.15, 0.2) is 0 Å². The third kappa shape index (κ3) is 26.7. The fourth-order valence-corrected chi connectivity index (χ4v) is 5.02. The predicted octanol–water partition coefficient (Wildman–Crippen LogP) is 8.39. The summed E-state index contributed by atoms with van der Waals surface area (Å²) in [6, 6.07) is -1.01. The second kappa shape index (κ2) is 32.7. The summed E-state index contributed by atoms with van der Waals surface area (Å²) in [6.07, 6.45) is 37.0. The van der Waals surface area contributed by atoms with E-state index in [4.69, 9.17) is 0 Å². The molecule has 0 aromatic rings. The lowest BCUT2D eigenvalue weighted by Crippen LogP contribution is -2.53. The Morgan fingerprint density at radius 1 is 0.545 bits per heavy atom. The lowest BCUT2D eigenvalue weighted by atomic mass is 10.00. The molecular formula is C38H69NO5. The Morgan fingerprint density at radius 2 is 1.00 bits per heavy atom. The SMILES string of the molecule is CCC/C=C/CC/C=C/CC/C=C/CCCC(O)C(O)C(CO)NC(=O)C(O)CCCCCCCC/C=C\CCCCCC. The van der Waals surface area contributed by atoms with E-state index in [1.165, 1.54) is 51.4 Å². The first-order valence-electron chi connectivity index (χ1n) is 18.0. The molecule has 0 saturated heterocycles. The molecule has 0 rings (SSSR count). The molecule has 0 saturated carbocycles. The standard InChI is InChI=1S/C38H69NO5/c1-3-5-7-9-11-13-15-17-19-21-23-25-27-29-31-35(41)37(43)34(33-40)39-38(44)36(42)32-30-28-26-24-22-20-18-16-14-12-10-8-6-4-2/h7,9,14-17,23,25,34-37,40-43H,3-6,8,10-13,18-22,24,26-33H2,1-2H3,(H,39,44)/b9-7+,16-14-,17-15+,25-23+. The molecule has 0 aromatic carbocycles. The van der Waals surface area contributed by atoms with Crippen molar-refractivity contribution in [2.45, 2.75) is 179 Å². The van der Waals surface area contributed by atoms with Gasteiger partial charge in [-0.05, 0) is 83.5 Å². The van der Waals surface area contributed by atoms with E-state index in [9.17, 15) is 25.2 Å². The molecule has 0 aliphatic rings. The minimum absolute atomic E-state index is 0.349. The Bertz CT molecular complexity index is 748. The summed E-state index contributed by atoms with van der Waals surface area (Å²) in [5.74, 6) is -0.610. The van der Waals surface area contributed by atoms with Crippen molar-refractivity contribution in [3.8, 4) is 0 Å². The summed E-state index contributed by atoms with van der Waals surface area (Å²) in [5.41, 5.74) is 0. The lowest BCUT2D eigenvalue weighted by molar-refractivity contribution is -0.132. The zero-order valence-electron chi connectivity index (χ0n) is 28.4. The first-order chi connectivity index (χ1) is 21.5. The highest BCUT2D eigenvalue weighted by atomic mass is 16.3. The van der Waals surface area contributed by atoms with Crippen molar-refractivity contribution in [1.82, 2.24) is 5.32 Å². The number of allylic oxidation sites excluding steroid dienone is 8. The minimum atomic E-state index is -1.29. The Morgan fingerprint density at radius 3 is 1.52 bits per heavy atom. The van der Waals surface area contributed by atoms with Crippen LogP contribution >= 0.6 is 0 Å². The zero-order valence-corrected chi connectivity index (χ0v) is 28.4. The van der Waals surface area contributed by atoms with Crippen molar-refractivity contribution in [1.29, 1.82) is 0 Å². The van der Waals surface area contributed by atoms with Crippen molar-refractivity contribution in [3.05, 3.63) is 48.6 Å². The monoisotopic (exact) mass is 620 g/mol. The molecule has 4 unspecified atom stereocenters. The molecule has 4 atom stereocenters. The summed E-state index contributed by atoms with van der Waals surface area (Å²) >= 11 is 0. The van der Waals surface area contributed by atoms with E-state index in [1.807, 2.05) is 0 Å². The van der Waals surface area contributed by atoms with Crippen LogP contribution < -0.4 is 5.32 Å². The summed E-state index contributed by atoms with van der Waals surface area (Å²) in [7, 11) is 0. The van der Waals surface area contributed by atoms with E-state index in [2.05, 4.69) is 67.8 Å². The number of carbonyl (C=O) groups is 1. The third-order valence-electron chi connectivity index (χ3n) is 7.95. The van der Waals surface area contributed by atoms with Gasteiger partial charge in [0.05, 0.1) is 18.8 Å². The number of unbranched alkanes of at least 4 members (excludes halogenated alkanes) is 14. The van der Waals surface area contributed by atoms with Crippen LogP contribution in [0, 0.1) is 0 Å². The van der Waals surface area contributed by atoms with Gasteiger partial charge in [-0.1, -0.05) is 120 Å². The van der Waals surface area contributed by atoms with Crippen LogP contribution in [0.4, 0.5) is 0 Å². The smallest absolute Gasteiger partial charge is 0.249 e. The van der Waals surface area contributed by atoms with Gasteiger partial charge in [-0.2, -0.15) is 0 Å². The van der Waals surface area contributed by atoms with Crippen molar-refractivity contribution in [2.24, 2.45) is 0 Å². The number of aliphatic hydroxyl groups excluding tert-OH is 4. The second-order valence-electron chi connectivity index (χ2n) is 12.2. The first kappa shape index (κ1) is 42.3. The number of nitrogens with one attached hydrogen (secondary N) is 1. The van der Waals surface area contributed by atoms with Gasteiger partial charge in [-0.3, -0.25) is 4.79 Å². The van der Waals surface area contributed by atoms with E-state index in [0.717, 1.165) is 70.6 Å². The van der Waals surface area contributed by atoms with Crippen LogP contribution in [0.3, 0.4) is 0 Å². The average Bonchev–Trinajstić information content (AvgIpc) is 3.03. The third-order valence-corrected chi connectivity index (χ3v) is 7.95. The molecule has 0 aliphatic heterocycles. The number of aliphatic hydroxyl groups is 4. The van der Waals surface area contributed by atoms with Gasteiger partial charge in [-0.25, -0.2) is 0 Å². The second-order valence-corrected chi connectivity index (χ2v) is 12.2. The first-order valence-corrected chi connectivity index (χ1v) is 18.0. The number of carbonyl (C=O) groups excluding carboxylic acids is 1. The maximum atomic E-state index is 12.4. The average molecular weight is 620 g/mol. The lowest BCUT2D eigenvalue weighted by Gasteiger charge is -2.27. The van der Waals surface area contributed by atoms with Crippen molar-refractivity contribution >= 4 is 5.91 Å². The molecule has 6 nitrogen and oxygen atoms in total. The number of rotatable bonds is 31. The highest BCUT2D eigenvalue weighted by Gasteiger charge is 2.28. The van der Waals surface area contributed by atoms with Crippen LogP contribution in [0.2, 0.25) is 0 Å². The number of hydrogen-bond donors (Lipinski definition) is 5. The Hall–Kier alpha value is -1.73. The summed E-state index contributed by atoms with van der Waals surface area (Å²) in [5, 5.41) is 43.3. The molecule has 0 heterocycles. The minimum Gasteiger partial charge on any atom is -0.394 e. The zero-order chi connectivity index (χ0) is 32.5. The Kier molecular flexibility index (Phi) is 31.4. The molecule has 6 heteroatoms. The van der Waals surface area contributed by atoms with Gasteiger partial charge in [0, 0.05) is 0 Å². The van der Waals surface area contributed by atoms with Crippen LogP contribution in [-0.4, -0.2) is 57.3 Å². The fraction of sp³-hybridized carbons (Fsp3) is 0.763. The summed E-state index contributed by atoms with van der Waals surface area (Å²) in [4.78, 5) is 12.4. The molecule has 1 amide bonds. The largest absolute Gasteiger partial charge is 0.394 e. The molecule has 0 fully saturated rings.